The zero-order valence-corrected chi connectivity index (χ0v) is 8.03. The van der Waals surface area contributed by atoms with Crippen LogP contribution >= 0.6 is 12.4 Å². The van der Waals surface area contributed by atoms with Gasteiger partial charge in [0, 0.05) is 6.04 Å². The van der Waals surface area contributed by atoms with Crippen LogP contribution in [-0.4, -0.2) is 6.54 Å². The van der Waals surface area contributed by atoms with Crippen LogP contribution in [0.15, 0.2) is 24.3 Å². The van der Waals surface area contributed by atoms with E-state index in [1.807, 2.05) is 0 Å². The highest BCUT2D eigenvalue weighted by Crippen LogP contribution is 2.21. The first kappa shape index (κ1) is 9.56. The lowest BCUT2D eigenvalue weighted by molar-refractivity contribution is 0.541. The Balaban J connectivity index is 0.000000720. The summed E-state index contributed by atoms with van der Waals surface area (Å²) in [6, 6.07) is 9.22. The minimum Gasteiger partial charge on any atom is -0.310 e. The molecule has 0 amide bonds. The van der Waals surface area contributed by atoms with Gasteiger partial charge in [-0.25, -0.2) is 0 Å². The van der Waals surface area contributed by atoms with Crippen molar-refractivity contribution in [1.82, 2.24) is 5.32 Å². The molecule has 1 atom stereocenters. The van der Waals surface area contributed by atoms with Crippen molar-refractivity contribution >= 4 is 12.4 Å². The molecule has 1 unspecified atom stereocenters. The standard InChI is InChI=1S/C10H13N.ClH/c1-8-10-5-3-2-4-9(10)6-7-11-8;/h2-5,8,11H,6-7H2,1H3;1H. The van der Waals surface area contributed by atoms with Crippen LogP contribution in [0.25, 0.3) is 0 Å². The van der Waals surface area contributed by atoms with Gasteiger partial charge < -0.3 is 5.32 Å². The molecule has 0 saturated heterocycles. The van der Waals surface area contributed by atoms with E-state index in [-0.39, 0.29) is 12.4 Å². The fraction of sp³-hybridized carbons (Fsp3) is 0.400. The molecule has 1 aliphatic heterocycles. The summed E-state index contributed by atoms with van der Waals surface area (Å²) in [6.45, 7) is 3.34. The molecule has 0 fully saturated rings. The molecule has 1 heterocycles. The van der Waals surface area contributed by atoms with Gasteiger partial charge in [-0.2, -0.15) is 0 Å². The molecular formula is C10H14ClN. The van der Waals surface area contributed by atoms with Crippen LogP contribution in [0.5, 0.6) is 0 Å². The first-order valence-electron chi connectivity index (χ1n) is 4.19. The van der Waals surface area contributed by atoms with Crippen molar-refractivity contribution in [2.24, 2.45) is 0 Å². The smallest absolute Gasteiger partial charge is 0.0294 e. The molecule has 1 nitrogen and oxygen atoms in total. The highest BCUT2D eigenvalue weighted by molar-refractivity contribution is 5.85. The average Bonchev–Trinajstić information content (AvgIpc) is 2.06. The molecule has 0 spiro atoms. The summed E-state index contributed by atoms with van der Waals surface area (Å²) in [6.07, 6.45) is 1.18. The van der Waals surface area contributed by atoms with Crippen molar-refractivity contribution in [2.75, 3.05) is 6.54 Å². The molecule has 2 heteroatoms. The maximum Gasteiger partial charge on any atom is 0.0294 e. The lowest BCUT2D eigenvalue weighted by Gasteiger charge is -2.23. The lowest BCUT2D eigenvalue weighted by Crippen LogP contribution is -2.27. The molecule has 1 aliphatic rings. The molecule has 0 aliphatic carbocycles. The molecule has 1 aromatic rings. The van der Waals surface area contributed by atoms with Crippen LogP contribution in [0.4, 0.5) is 0 Å². The lowest BCUT2D eigenvalue weighted by atomic mass is 9.96. The second-order valence-corrected chi connectivity index (χ2v) is 3.12. The SMILES string of the molecule is CC1NCCc2ccccc21.Cl. The second kappa shape index (κ2) is 3.92. The van der Waals surface area contributed by atoms with Crippen molar-refractivity contribution in [2.45, 2.75) is 19.4 Å². The molecule has 0 bridgehead atoms. The molecular weight excluding hydrogens is 170 g/mol. The third-order valence-electron chi connectivity index (χ3n) is 2.37. The van der Waals surface area contributed by atoms with E-state index in [0.29, 0.717) is 6.04 Å². The van der Waals surface area contributed by atoms with Crippen molar-refractivity contribution in [1.29, 1.82) is 0 Å². The van der Waals surface area contributed by atoms with Gasteiger partial charge in [0.2, 0.25) is 0 Å². The van der Waals surface area contributed by atoms with Crippen LogP contribution in [0.3, 0.4) is 0 Å². The topological polar surface area (TPSA) is 12.0 Å². The number of nitrogens with one attached hydrogen (secondary N) is 1. The largest absolute Gasteiger partial charge is 0.310 e. The van der Waals surface area contributed by atoms with E-state index in [1.54, 1.807) is 0 Å². The minimum atomic E-state index is 0. The molecule has 0 saturated carbocycles. The van der Waals surface area contributed by atoms with Crippen molar-refractivity contribution < 1.29 is 0 Å². The number of halogens is 1. The molecule has 0 radical (unpaired) electrons. The van der Waals surface area contributed by atoms with Crippen LogP contribution in [0.1, 0.15) is 24.1 Å². The van der Waals surface area contributed by atoms with Gasteiger partial charge in [0.05, 0.1) is 0 Å². The van der Waals surface area contributed by atoms with Crippen LogP contribution in [0, 0.1) is 0 Å². The Morgan fingerprint density at radius 2 is 2.08 bits per heavy atom. The number of hydrogen-bond acceptors (Lipinski definition) is 1. The summed E-state index contributed by atoms with van der Waals surface area (Å²) in [7, 11) is 0. The normalized spacial score (nSPS) is 20.9. The van der Waals surface area contributed by atoms with E-state index in [4.69, 9.17) is 0 Å². The first-order chi connectivity index (χ1) is 5.38. The Morgan fingerprint density at radius 3 is 2.83 bits per heavy atom. The first-order valence-corrected chi connectivity index (χ1v) is 4.19. The highest BCUT2D eigenvalue weighted by atomic mass is 35.5. The van der Waals surface area contributed by atoms with E-state index >= 15 is 0 Å². The second-order valence-electron chi connectivity index (χ2n) is 3.12. The summed E-state index contributed by atoms with van der Waals surface area (Å²) in [5.41, 5.74) is 2.98. The zero-order chi connectivity index (χ0) is 7.68. The fourth-order valence-electron chi connectivity index (χ4n) is 1.72. The molecule has 1 aromatic carbocycles. The van der Waals surface area contributed by atoms with Gasteiger partial charge in [-0.05, 0) is 31.0 Å². The van der Waals surface area contributed by atoms with Crippen LogP contribution < -0.4 is 5.32 Å². The van der Waals surface area contributed by atoms with Gasteiger partial charge in [-0.15, -0.1) is 12.4 Å². The molecule has 66 valence electrons. The van der Waals surface area contributed by atoms with Gasteiger partial charge in [-0.1, -0.05) is 24.3 Å². The van der Waals surface area contributed by atoms with Crippen molar-refractivity contribution in [3.63, 3.8) is 0 Å². The summed E-state index contributed by atoms with van der Waals surface area (Å²) in [5.74, 6) is 0. The van der Waals surface area contributed by atoms with E-state index in [2.05, 4.69) is 36.5 Å². The van der Waals surface area contributed by atoms with Gasteiger partial charge in [0.25, 0.3) is 0 Å². The Kier molecular flexibility index (Phi) is 3.12. The number of fused-ring (bicyclic) bond motifs is 1. The molecule has 2 rings (SSSR count). The Hall–Kier alpha value is -0.530. The minimum absolute atomic E-state index is 0. The summed E-state index contributed by atoms with van der Waals surface area (Å²) in [4.78, 5) is 0. The molecule has 1 N–H and O–H groups in total. The van der Waals surface area contributed by atoms with Crippen LogP contribution in [-0.2, 0) is 6.42 Å². The summed E-state index contributed by atoms with van der Waals surface area (Å²) in [5, 5.41) is 3.44. The molecule has 0 aromatic heterocycles. The van der Waals surface area contributed by atoms with E-state index in [9.17, 15) is 0 Å². The summed E-state index contributed by atoms with van der Waals surface area (Å²) >= 11 is 0. The van der Waals surface area contributed by atoms with E-state index in [0.717, 1.165) is 6.54 Å². The van der Waals surface area contributed by atoms with Gasteiger partial charge in [0.1, 0.15) is 0 Å². The van der Waals surface area contributed by atoms with Gasteiger partial charge in [0.15, 0.2) is 0 Å². The number of rotatable bonds is 0. The predicted molar refractivity (Wildman–Crippen MR) is 53.8 cm³/mol. The van der Waals surface area contributed by atoms with E-state index < -0.39 is 0 Å². The van der Waals surface area contributed by atoms with E-state index in [1.165, 1.54) is 17.5 Å². The zero-order valence-electron chi connectivity index (χ0n) is 7.21. The van der Waals surface area contributed by atoms with Gasteiger partial charge in [-0.3, -0.25) is 0 Å². The predicted octanol–water partition coefficient (Wildman–Crippen LogP) is 2.32. The average molecular weight is 184 g/mol. The Morgan fingerprint density at radius 1 is 1.33 bits per heavy atom. The Labute approximate surface area is 79.6 Å². The number of benzene rings is 1. The number of hydrogen-bond donors (Lipinski definition) is 1. The third kappa shape index (κ3) is 1.62. The molecule has 12 heavy (non-hydrogen) atoms. The highest BCUT2D eigenvalue weighted by Gasteiger charge is 2.13. The maximum atomic E-state index is 3.44. The van der Waals surface area contributed by atoms with Crippen molar-refractivity contribution in [3.05, 3.63) is 35.4 Å². The quantitative estimate of drug-likeness (QED) is 0.651. The van der Waals surface area contributed by atoms with Crippen LogP contribution in [0.2, 0.25) is 0 Å². The Bertz CT molecular complexity index is 260. The maximum absolute atomic E-state index is 3.44. The van der Waals surface area contributed by atoms with Gasteiger partial charge >= 0.3 is 0 Å². The van der Waals surface area contributed by atoms with Crippen molar-refractivity contribution in [3.8, 4) is 0 Å². The fourth-order valence-corrected chi connectivity index (χ4v) is 1.72. The summed E-state index contributed by atoms with van der Waals surface area (Å²) < 4.78 is 0. The monoisotopic (exact) mass is 183 g/mol. The third-order valence-corrected chi connectivity index (χ3v) is 2.37.